The highest BCUT2D eigenvalue weighted by molar-refractivity contribution is 7.16. The minimum Gasteiger partial charge on any atom is -0.496 e. The summed E-state index contributed by atoms with van der Waals surface area (Å²) < 4.78 is 10.6. The molecule has 27 heavy (non-hydrogen) atoms. The Bertz CT molecular complexity index is 994. The average molecular weight is 404 g/mol. The molecule has 2 aromatic heterocycles. The molecular weight excluding hydrogens is 386 g/mol. The number of methoxy groups -OCH3 is 1. The van der Waals surface area contributed by atoms with Crippen LogP contribution in [0.2, 0.25) is 5.02 Å². The average Bonchev–Trinajstić information content (AvgIpc) is 3.20. The molecular formula is C19H18ClN3O3S. The van der Waals surface area contributed by atoms with E-state index in [-0.39, 0.29) is 5.91 Å². The molecule has 0 spiro atoms. The second-order valence-corrected chi connectivity index (χ2v) is 8.16. The van der Waals surface area contributed by atoms with E-state index in [1.54, 1.807) is 18.2 Å². The number of hydrogen-bond acceptors (Lipinski definition) is 6. The molecule has 1 amide bonds. The lowest BCUT2D eigenvalue weighted by atomic mass is 9.85. The fourth-order valence-corrected chi connectivity index (χ4v) is 3.98. The third kappa shape index (κ3) is 3.57. The molecule has 0 aliphatic heterocycles. The number of amides is 1. The zero-order valence-corrected chi connectivity index (χ0v) is 16.5. The van der Waals surface area contributed by atoms with Gasteiger partial charge in [-0.1, -0.05) is 23.2 Å². The van der Waals surface area contributed by atoms with Gasteiger partial charge in [0.1, 0.15) is 5.75 Å². The molecule has 140 valence electrons. The molecule has 0 radical (unpaired) electrons. The summed E-state index contributed by atoms with van der Waals surface area (Å²) in [5.74, 6) is 1.83. The molecule has 1 aromatic carbocycles. The zero-order valence-electron chi connectivity index (χ0n) is 14.9. The minimum atomic E-state index is -0.265. The van der Waals surface area contributed by atoms with Crippen LogP contribution < -0.4 is 10.1 Å². The molecule has 6 nitrogen and oxygen atoms in total. The van der Waals surface area contributed by atoms with Crippen molar-refractivity contribution in [2.24, 2.45) is 0 Å². The largest absolute Gasteiger partial charge is 0.496 e. The number of ether oxygens (including phenoxy) is 1. The fourth-order valence-electron chi connectivity index (χ4n) is 2.91. The number of halogens is 1. The molecule has 4 rings (SSSR count). The standard InChI is InChI=1S/C19H18ClN3O3S/c1-10-14(21-18(24)13-7-6-12(20)8-15(13)25-2)9-16(27-10)17-22-19(26-23-17)11-4-3-5-11/h6-9,11H,3-5H2,1-2H3,(H,21,24). The second-order valence-electron chi connectivity index (χ2n) is 6.46. The van der Waals surface area contributed by atoms with Crippen molar-refractivity contribution in [2.75, 3.05) is 12.4 Å². The Morgan fingerprint density at radius 2 is 2.19 bits per heavy atom. The molecule has 1 saturated carbocycles. The highest BCUT2D eigenvalue weighted by atomic mass is 35.5. The number of nitrogens with zero attached hydrogens (tertiary/aromatic N) is 2. The van der Waals surface area contributed by atoms with Gasteiger partial charge in [0.2, 0.25) is 11.7 Å². The van der Waals surface area contributed by atoms with Crippen LogP contribution in [0.15, 0.2) is 28.8 Å². The van der Waals surface area contributed by atoms with Crippen molar-refractivity contribution in [1.82, 2.24) is 10.1 Å². The molecule has 1 fully saturated rings. The molecule has 0 saturated heterocycles. The van der Waals surface area contributed by atoms with Gasteiger partial charge in [-0.25, -0.2) is 0 Å². The maximum absolute atomic E-state index is 12.7. The quantitative estimate of drug-likeness (QED) is 0.626. The van der Waals surface area contributed by atoms with E-state index in [1.807, 2.05) is 13.0 Å². The van der Waals surface area contributed by atoms with Gasteiger partial charge in [0.25, 0.3) is 5.91 Å². The van der Waals surface area contributed by atoms with E-state index in [2.05, 4.69) is 15.5 Å². The Balaban J connectivity index is 1.55. The monoisotopic (exact) mass is 403 g/mol. The van der Waals surface area contributed by atoms with Crippen LogP contribution in [-0.2, 0) is 0 Å². The van der Waals surface area contributed by atoms with Crippen LogP contribution in [-0.4, -0.2) is 23.2 Å². The first-order chi connectivity index (χ1) is 13.0. The summed E-state index contributed by atoms with van der Waals surface area (Å²) in [5, 5.41) is 7.53. The SMILES string of the molecule is COc1cc(Cl)ccc1C(=O)Nc1cc(-c2noc(C3CCC3)n2)sc1C. The summed E-state index contributed by atoms with van der Waals surface area (Å²) in [7, 11) is 1.51. The van der Waals surface area contributed by atoms with Crippen LogP contribution in [0, 0.1) is 6.92 Å². The Morgan fingerprint density at radius 1 is 1.37 bits per heavy atom. The maximum atomic E-state index is 12.7. The molecule has 1 aliphatic rings. The van der Waals surface area contributed by atoms with E-state index in [1.165, 1.54) is 24.9 Å². The highest BCUT2D eigenvalue weighted by Gasteiger charge is 2.26. The van der Waals surface area contributed by atoms with Gasteiger partial charge in [-0.05, 0) is 44.0 Å². The Morgan fingerprint density at radius 3 is 2.89 bits per heavy atom. The molecule has 8 heteroatoms. The van der Waals surface area contributed by atoms with Crippen LogP contribution >= 0.6 is 22.9 Å². The predicted octanol–water partition coefficient (Wildman–Crippen LogP) is 5.29. The van der Waals surface area contributed by atoms with Crippen molar-refractivity contribution >= 4 is 34.5 Å². The number of carbonyl (C=O) groups is 1. The number of hydrogen-bond donors (Lipinski definition) is 1. The molecule has 0 bridgehead atoms. The first kappa shape index (κ1) is 18.0. The number of nitrogens with one attached hydrogen (secondary N) is 1. The van der Waals surface area contributed by atoms with E-state index in [0.717, 1.165) is 22.6 Å². The molecule has 3 aromatic rings. The predicted molar refractivity (Wildman–Crippen MR) is 105 cm³/mol. The normalized spacial score (nSPS) is 14.0. The number of aromatic nitrogens is 2. The minimum absolute atomic E-state index is 0.265. The van der Waals surface area contributed by atoms with Crippen molar-refractivity contribution in [3.8, 4) is 16.5 Å². The first-order valence-electron chi connectivity index (χ1n) is 8.64. The van der Waals surface area contributed by atoms with Crippen molar-refractivity contribution in [1.29, 1.82) is 0 Å². The van der Waals surface area contributed by atoms with E-state index < -0.39 is 0 Å². The molecule has 1 N–H and O–H groups in total. The second kappa shape index (κ2) is 7.32. The van der Waals surface area contributed by atoms with E-state index >= 15 is 0 Å². The summed E-state index contributed by atoms with van der Waals surface area (Å²) in [6.45, 7) is 1.94. The number of carbonyl (C=O) groups excluding carboxylic acids is 1. The lowest BCUT2D eigenvalue weighted by molar-refractivity contribution is 0.102. The molecule has 0 atom stereocenters. The van der Waals surface area contributed by atoms with Crippen molar-refractivity contribution < 1.29 is 14.1 Å². The van der Waals surface area contributed by atoms with E-state index in [0.29, 0.717) is 39.7 Å². The van der Waals surface area contributed by atoms with Gasteiger partial charge in [-0.3, -0.25) is 4.79 Å². The van der Waals surface area contributed by atoms with Crippen LogP contribution in [0.5, 0.6) is 5.75 Å². The smallest absolute Gasteiger partial charge is 0.259 e. The van der Waals surface area contributed by atoms with Gasteiger partial charge in [0, 0.05) is 15.8 Å². The lowest BCUT2D eigenvalue weighted by Crippen LogP contribution is -2.13. The van der Waals surface area contributed by atoms with Crippen molar-refractivity contribution in [3.63, 3.8) is 0 Å². The lowest BCUT2D eigenvalue weighted by Gasteiger charge is -2.20. The zero-order chi connectivity index (χ0) is 19.0. The summed E-state index contributed by atoms with van der Waals surface area (Å²) in [4.78, 5) is 19.0. The number of anilines is 1. The van der Waals surface area contributed by atoms with Gasteiger partial charge >= 0.3 is 0 Å². The summed E-state index contributed by atoms with van der Waals surface area (Å²) in [6.07, 6.45) is 3.43. The van der Waals surface area contributed by atoms with Crippen LogP contribution in [0.4, 0.5) is 5.69 Å². The van der Waals surface area contributed by atoms with Gasteiger partial charge in [0.05, 0.1) is 23.2 Å². The Hall–Kier alpha value is -2.38. The van der Waals surface area contributed by atoms with E-state index in [4.69, 9.17) is 20.9 Å². The Labute approximate surface area is 165 Å². The third-order valence-electron chi connectivity index (χ3n) is 4.69. The van der Waals surface area contributed by atoms with Crippen LogP contribution in [0.3, 0.4) is 0 Å². The van der Waals surface area contributed by atoms with Crippen molar-refractivity contribution in [2.45, 2.75) is 32.1 Å². The number of aryl methyl sites for hydroxylation is 1. The Kier molecular flexibility index (Phi) is 4.88. The van der Waals surface area contributed by atoms with Gasteiger partial charge in [-0.2, -0.15) is 4.98 Å². The number of thiophene rings is 1. The number of benzene rings is 1. The summed E-state index contributed by atoms with van der Waals surface area (Å²) in [6, 6.07) is 6.79. The third-order valence-corrected chi connectivity index (χ3v) is 5.97. The summed E-state index contributed by atoms with van der Waals surface area (Å²) >= 11 is 7.48. The van der Waals surface area contributed by atoms with E-state index in [9.17, 15) is 4.79 Å². The number of rotatable bonds is 5. The van der Waals surface area contributed by atoms with Gasteiger partial charge < -0.3 is 14.6 Å². The first-order valence-corrected chi connectivity index (χ1v) is 9.84. The molecule has 1 aliphatic carbocycles. The fraction of sp³-hybridized carbons (Fsp3) is 0.316. The van der Waals surface area contributed by atoms with Crippen molar-refractivity contribution in [3.05, 3.63) is 45.6 Å². The molecule has 0 unspecified atom stereocenters. The molecule has 2 heterocycles. The highest BCUT2D eigenvalue weighted by Crippen LogP contribution is 2.38. The maximum Gasteiger partial charge on any atom is 0.259 e. The summed E-state index contributed by atoms with van der Waals surface area (Å²) in [5.41, 5.74) is 1.13. The van der Waals surface area contributed by atoms with Gasteiger partial charge in [-0.15, -0.1) is 11.3 Å². The van der Waals surface area contributed by atoms with Crippen LogP contribution in [0.25, 0.3) is 10.7 Å². The van der Waals surface area contributed by atoms with Gasteiger partial charge in [0.15, 0.2) is 0 Å². The topological polar surface area (TPSA) is 77.2 Å². The van der Waals surface area contributed by atoms with Crippen LogP contribution in [0.1, 0.15) is 46.3 Å².